The molecule has 0 aromatic heterocycles. The quantitative estimate of drug-likeness (QED) is 0.547. The number of alkyl halides is 1. The van der Waals surface area contributed by atoms with Crippen molar-refractivity contribution in [1.29, 1.82) is 0 Å². The number of halogens is 1. The molecule has 2 heteroatoms. The Bertz CT molecular complexity index is 608. The average Bonchev–Trinajstić information content (AvgIpc) is 2.61. The predicted octanol–water partition coefficient (Wildman–Crippen LogP) is 5.43. The van der Waals surface area contributed by atoms with E-state index in [1.807, 2.05) is 0 Å². The van der Waals surface area contributed by atoms with E-state index in [1.165, 1.54) is 48.9 Å². The first-order chi connectivity index (χ1) is 11.7. The molecule has 0 saturated heterocycles. The first-order valence-electron chi connectivity index (χ1n) is 9.18. The Morgan fingerprint density at radius 1 is 0.875 bits per heavy atom. The molecular formula is C22H28BrN. The number of rotatable bonds is 8. The standard InChI is InChI=1S/C22H28BrN/c1-24(17-15-18-6-3-2-4-7-18)16-5-8-19-9-11-20(12-10-19)21-13-14-22(21)23/h2-4,6-7,9-12,21-22H,5,8,13-17H2,1H3. The van der Waals surface area contributed by atoms with Crippen LogP contribution in [0, 0.1) is 0 Å². The summed E-state index contributed by atoms with van der Waals surface area (Å²) in [6.07, 6.45) is 6.21. The van der Waals surface area contributed by atoms with Gasteiger partial charge >= 0.3 is 0 Å². The summed E-state index contributed by atoms with van der Waals surface area (Å²) in [7, 11) is 2.23. The topological polar surface area (TPSA) is 3.24 Å². The third kappa shape index (κ3) is 4.94. The van der Waals surface area contributed by atoms with E-state index in [0.29, 0.717) is 4.83 Å². The fraction of sp³-hybridized carbons (Fsp3) is 0.455. The van der Waals surface area contributed by atoms with Crippen LogP contribution in [-0.2, 0) is 12.8 Å². The first-order valence-corrected chi connectivity index (χ1v) is 10.1. The highest BCUT2D eigenvalue weighted by Gasteiger charge is 2.29. The molecule has 0 aliphatic heterocycles. The van der Waals surface area contributed by atoms with Gasteiger partial charge in [0.1, 0.15) is 0 Å². The first kappa shape index (κ1) is 17.7. The lowest BCUT2D eigenvalue weighted by molar-refractivity contribution is 0.333. The van der Waals surface area contributed by atoms with E-state index in [9.17, 15) is 0 Å². The second-order valence-corrected chi connectivity index (χ2v) is 8.26. The van der Waals surface area contributed by atoms with E-state index in [1.54, 1.807) is 0 Å². The number of benzene rings is 2. The summed E-state index contributed by atoms with van der Waals surface area (Å²) in [5.41, 5.74) is 4.41. The van der Waals surface area contributed by atoms with Crippen LogP contribution in [0.5, 0.6) is 0 Å². The molecule has 0 N–H and O–H groups in total. The Labute approximate surface area is 155 Å². The van der Waals surface area contributed by atoms with Gasteiger partial charge in [-0.2, -0.15) is 0 Å². The summed E-state index contributed by atoms with van der Waals surface area (Å²) in [5.74, 6) is 0.739. The molecule has 0 radical (unpaired) electrons. The van der Waals surface area contributed by atoms with Crippen LogP contribution in [0.4, 0.5) is 0 Å². The Morgan fingerprint density at radius 3 is 2.21 bits per heavy atom. The highest BCUT2D eigenvalue weighted by atomic mass is 79.9. The van der Waals surface area contributed by atoms with E-state index < -0.39 is 0 Å². The van der Waals surface area contributed by atoms with E-state index in [2.05, 4.69) is 82.5 Å². The fourth-order valence-electron chi connectivity index (χ4n) is 3.40. The summed E-state index contributed by atoms with van der Waals surface area (Å²) in [4.78, 5) is 3.15. The molecule has 1 saturated carbocycles. The van der Waals surface area contributed by atoms with Gasteiger partial charge in [0, 0.05) is 11.4 Å². The molecule has 0 heterocycles. The van der Waals surface area contributed by atoms with Crippen molar-refractivity contribution in [2.45, 2.75) is 42.8 Å². The summed E-state index contributed by atoms with van der Waals surface area (Å²) < 4.78 is 0. The molecule has 2 aromatic carbocycles. The van der Waals surface area contributed by atoms with Crippen LogP contribution in [0.2, 0.25) is 0 Å². The number of aryl methyl sites for hydroxylation is 1. The second-order valence-electron chi connectivity index (χ2n) is 7.08. The molecule has 2 aromatic rings. The molecule has 0 bridgehead atoms. The van der Waals surface area contributed by atoms with Crippen LogP contribution in [0.25, 0.3) is 0 Å². The molecular weight excluding hydrogens is 358 g/mol. The zero-order valence-electron chi connectivity index (χ0n) is 14.6. The van der Waals surface area contributed by atoms with Crippen LogP contribution in [0.15, 0.2) is 54.6 Å². The van der Waals surface area contributed by atoms with Crippen molar-refractivity contribution < 1.29 is 0 Å². The van der Waals surface area contributed by atoms with Gasteiger partial charge in [0.25, 0.3) is 0 Å². The minimum absolute atomic E-state index is 0.696. The molecule has 128 valence electrons. The Balaban J connectivity index is 1.36. The van der Waals surface area contributed by atoms with Crippen LogP contribution in [0.3, 0.4) is 0 Å². The fourth-order valence-corrected chi connectivity index (χ4v) is 4.23. The zero-order chi connectivity index (χ0) is 16.8. The van der Waals surface area contributed by atoms with Gasteiger partial charge in [-0.3, -0.25) is 0 Å². The third-order valence-corrected chi connectivity index (χ3v) is 6.32. The van der Waals surface area contributed by atoms with Gasteiger partial charge in [0.15, 0.2) is 0 Å². The number of hydrogen-bond donors (Lipinski definition) is 0. The highest BCUT2D eigenvalue weighted by molar-refractivity contribution is 9.09. The van der Waals surface area contributed by atoms with Gasteiger partial charge < -0.3 is 4.90 Å². The largest absolute Gasteiger partial charge is 0.306 e. The number of hydrogen-bond acceptors (Lipinski definition) is 1. The van der Waals surface area contributed by atoms with Crippen LogP contribution >= 0.6 is 15.9 Å². The van der Waals surface area contributed by atoms with Gasteiger partial charge in [0.2, 0.25) is 0 Å². The summed E-state index contributed by atoms with van der Waals surface area (Å²) >= 11 is 3.77. The van der Waals surface area contributed by atoms with Crippen LogP contribution < -0.4 is 0 Å². The molecule has 0 spiro atoms. The van der Waals surface area contributed by atoms with Crippen molar-refractivity contribution in [2.75, 3.05) is 20.1 Å². The minimum Gasteiger partial charge on any atom is -0.306 e. The minimum atomic E-state index is 0.696. The molecule has 3 rings (SSSR count). The lowest BCUT2D eigenvalue weighted by Gasteiger charge is -2.32. The van der Waals surface area contributed by atoms with Gasteiger partial charge in [-0.25, -0.2) is 0 Å². The van der Waals surface area contributed by atoms with Crippen molar-refractivity contribution >= 4 is 15.9 Å². The zero-order valence-corrected chi connectivity index (χ0v) is 16.2. The van der Waals surface area contributed by atoms with Crippen molar-refractivity contribution in [1.82, 2.24) is 4.90 Å². The Kier molecular flexibility index (Phi) is 6.51. The van der Waals surface area contributed by atoms with Crippen molar-refractivity contribution in [3.8, 4) is 0 Å². The Morgan fingerprint density at radius 2 is 1.58 bits per heavy atom. The summed E-state index contributed by atoms with van der Waals surface area (Å²) in [5, 5.41) is 0. The van der Waals surface area contributed by atoms with Gasteiger partial charge in [-0.1, -0.05) is 70.5 Å². The predicted molar refractivity (Wildman–Crippen MR) is 107 cm³/mol. The molecule has 1 aliphatic carbocycles. The van der Waals surface area contributed by atoms with Crippen molar-refractivity contribution in [3.63, 3.8) is 0 Å². The van der Waals surface area contributed by atoms with E-state index in [4.69, 9.17) is 0 Å². The number of likely N-dealkylation sites (N-methyl/N-ethyl adjacent to an activating group) is 1. The maximum atomic E-state index is 3.77. The second kappa shape index (κ2) is 8.82. The maximum Gasteiger partial charge on any atom is 0.0214 e. The smallest absolute Gasteiger partial charge is 0.0214 e. The lowest BCUT2D eigenvalue weighted by Crippen LogP contribution is -2.23. The van der Waals surface area contributed by atoms with Crippen molar-refractivity contribution in [2.24, 2.45) is 0 Å². The molecule has 0 amide bonds. The molecule has 2 atom stereocenters. The van der Waals surface area contributed by atoms with Crippen molar-refractivity contribution in [3.05, 3.63) is 71.3 Å². The lowest BCUT2D eigenvalue weighted by atomic mass is 9.79. The van der Waals surface area contributed by atoms with E-state index in [0.717, 1.165) is 18.9 Å². The average molecular weight is 386 g/mol. The van der Waals surface area contributed by atoms with Gasteiger partial charge in [0.05, 0.1) is 0 Å². The van der Waals surface area contributed by atoms with E-state index >= 15 is 0 Å². The third-order valence-electron chi connectivity index (χ3n) is 5.23. The summed E-state index contributed by atoms with van der Waals surface area (Å²) in [6, 6.07) is 20.1. The molecule has 1 aliphatic rings. The normalized spacial score (nSPS) is 20.1. The monoisotopic (exact) mass is 385 g/mol. The van der Waals surface area contributed by atoms with E-state index in [-0.39, 0.29) is 0 Å². The molecule has 24 heavy (non-hydrogen) atoms. The number of nitrogens with zero attached hydrogens (tertiary/aromatic N) is 1. The van der Waals surface area contributed by atoms with Crippen LogP contribution in [-0.4, -0.2) is 29.9 Å². The molecule has 1 nitrogen and oxygen atoms in total. The van der Waals surface area contributed by atoms with Crippen LogP contribution in [0.1, 0.15) is 41.9 Å². The maximum absolute atomic E-state index is 3.77. The summed E-state index contributed by atoms with van der Waals surface area (Å²) in [6.45, 7) is 2.30. The Hall–Kier alpha value is -1.12. The molecule has 1 fully saturated rings. The molecule has 2 unspecified atom stereocenters. The van der Waals surface area contributed by atoms with Gasteiger partial charge in [-0.05, 0) is 68.3 Å². The SMILES string of the molecule is CN(CCCc1ccc(C2CCC2Br)cc1)CCc1ccccc1. The van der Waals surface area contributed by atoms with Gasteiger partial charge in [-0.15, -0.1) is 0 Å². The highest BCUT2D eigenvalue weighted by Crippen LogP contribution is 2.41.